The Kier molecular flexibility index (Phi) is 7.79. The van der Waals surface area contributed by atoms with Gasteiger partial charge in [-0.05, 0) is 37.8 Å². The zero-order valence-corrected chi connectivity index (χ0v) is 15.9. The van der Waals surface area contributed by atoms with Gasteiger partial charge in [-0.3, -0.25) is 9.59 Å². The summed E-state index contributed by atoms with van der Waals surface area (Å²) in [4.78, 5) is 38.1. The Morgan fingerprint density at radius 3 is 2.70 bits per heavy atom. The van der Waals surface area contributed by atoms with Gasteiger partial charge < -0.3 is 20.1 Å². The second kappa shape index (κ2) is 10.1. The van der Waals surface area contributed by atoms with Crippen molar-refractivity contribution in [1.82, 2.24) is 10.2 Å². The fraction of sp³-hybridized carbons (Fsp3) is 0.550. The first kappa shape index (κ1) is 20.9. The Bertz CT molecular complexity index is 676. The molecule has 2 atom stereocenters. The predicted octanol–water partition coefficient (Wildman–Crippen LogP) is 1.71. The van der Waals surface area contributed by atoms with E-state index in [9.17, 15) is 19.5 Å². The van der Waals surface area contributed by atoms with Crippen LogP contribution in [0.3, 0.4) is 0 Å². The van der Waals surface area contributed by atoms with Crippen LogP contribution in [-0.2, 0) is 20.7 Å². The third kappa shape index (κ3) is 5.79. The van der Waals surface area contributed by atoms with Gasteiger partial charge in [0.25, 0.3) is 0 Å². The molecule has 2 amide bonds. The van der Waals surface area contributed by atoms with Gasteiger partial charge in [0.1, 0.15) is 0 Å². The van der Waals surface area contributed by atoms with E-state index in [-0.39, 0.29) is 35.8 Å². The van der Waals surface area contributed by atoms with Crippen LogP contribution in [0.15, 0.2) is 24.3 Å². The Hall–Kier alpha value is -2.41. The lowest BCUT2D eigenvalue weighted by atomic mass is 9.92. The summed E-state index contributed by atoms with van der Waals surface area (Å²) in [7, 11) is 1.58. The number of likely N-dealkylation sites (tertiary alicyclic amines) is 1. The molecule has 2 N–H and O–H groups in total. The molecule has 2 unspecified atom stereocenters. The highest BCUT2D eigenvalue weighted by atomic mass is 16.5. The van der Waals surface area contributed by atoms with Crippen molar-refractivity contribution in [3.05, 3.63) is 35.4 Å². The maximum absolute atomic E-state index is 12.7. The van der Waals surface area contributed by atoms with Crippen molar-refractivity contribution in [3.63, 3.8) is 0 Å². The normalized spacial score (nSPS) is 19.6. The molecule has 2 rings (SSSR count). The molecule has 7 nitrogen and oxygen atoms in total. The molecule has 27 heavy (non-hydrogen) atoms. The molecule has 1 fully saturated rings. The lowest BCUT2D eigenvalue weighted by Crippen LogP contribution is -2.49. The van der Waals surface area contributed by atoms with Gasteiger partial charge in [0.2, 0.25) is 11.8 Å². The second-order valence-electron chi connectivity index (χ2n) is 6.92. The van der Waals surface area contributed by atoms with Crippen LogP contribution in [0.5, 0.6) is 0 Å². The Labute approximate surface area is 159 Å². The molecule has 1 heterocycles. The summed E-state index contributed by atoms with van der Waals surface area (Å²) in [6.45, 7) is 3.31. The fourth-order valence-corrected chi connectivity index (χ4v) is 3.42. The Morgan fingerprint density at radius 1 is 1.26 bits per heavy atom. The molecule has 0 radical (unpaired) electrons. The quantitative estimate of drug-likeness (QED) is 0.674. The number of aryl methyl sites for hydroxylation is 1. The summed E-state index contributed by atoms with van der Waals surface area (Å²) in [5.74, 6) is -1.30. The van der Waals surface area contributed by atoms with E-state index in [0.29, 0.717) is 31.7 Å². The first-order chi connectivity index (χ1) is 12.9. The van der Waals surface area contributed by atoms with E-state index in [1.807, 2.05) is 6.92 Å². The first-order valence-electron chi connectivity index (χ1n) is 9.31. The largest absolute Gasteiger partial charge is 0.478 e. The SMILES string of the molecule is COCCNC(=O)C1CCC(C)N(C(=O)CCc2ccccc2C(=O)O)C1. The second-order valence-corrected chi connectivity index (χ2v) is 6.92. The average molecular weight is 376 g/mol. The number of piperidine rings is 1. The molecule has 1 aromatic carbocycles. The van der Waals surface area contributed by atoms with E-state index in [0.717, 1.165) is 12.8 Å². The van der Waals surface area contributed by atoms with Crippen LogP contribution in [0.4, 0.5) is 0 Å². The number of carbonyl (C=O) groups excluding carboxylic acids is 2. The van der Waals surface area contributed by atoms with Crippen LogP contribution in [0.1, 0.15) is 42.1 Å². The molecule has 1 aliphatic heterocycles. The molecule has 0 aliphatic carbocycles. The van der Waals surface area contributed by atoms with Gasteiger partial charge in [0.05, 0.1) is 18.1 Å². The molecule has 0 aromatic heterocycles. The van der Waals surface area contributed by atoms with Crippen molar-refractivity contribution >= 4 is 17.8 Å². The summed E-state index contributed by atoms with van der Waals surface area (Å²) in [6, 6.07) is 6.81. The number of benzene rings is 1. The van der Waals surface area contributed by atoms with E-state index in [4.69, 9.17) is 4.74 Å². The van der Waals surface area contributed by atoms with Gasteiger partial charge in [-0.25, -0.2) is 4.79 Å². The number of methoxy groups -OCH3 is 1. The lowest BCUT2D eigenvalue weighted by molar-refractivity contribution is -0.138. The number of hydrogen-bond donors (Lipinski definition) is 2. The van der Waals surface area contributed by atoms with E-state index in [1.165, 1.54) is 0 Å². The number of carboxylic acids is 1. The standard InChI is InChI=1S/C20H28N2O5/c1-14-7-8-16(19(24)21-11-12-27-2)13-22(14)18(23)10-9-15-5-3-4-6-17(15)20(25)26/h3-6,14,16H,7-13H2,1-2H3,(H,21,24)(H,25,26). The third-order valence-corrected chi connectivity index (χ3v) is 5.03. The van der Waals surface area contributed by atoms with E-state index < -0.39 is 5.97 Å². The van der Waals surface area contributed by atoms with E-state index in [2.05, 4.69) is 5.32 Å². The smallest absolute Gasteiger partial charge is 0.335 e. The summed E-state index contributed by atoms with van der Waals surface area (Å²) < 4.78 is 4.94. The van der Waals surface area contributed by atoms with Gasteiger partial charge in [-0.1, -0.05) is 18.2 Å². The fourth-order valence-electron chi connectivity index (χ4n) is 3.42. The van der Waals surface area contributed by atoms with Crippen LogP contribution < -0.4 is 5.32 Å². The topological polar surface area (TPSA) is 95.9 Å². The zero-order chi connectivity index (χ0) is 19.8. The van der Waals surface area contributed by atoms with Gasteiger partial charge >= 0.3 is 5.97 Å². The molecule has 7 heteroatoms. The molecular formula is C20H28N2O5. The Morgan fingerprint density at radius 2 is 2.00 bits per heavy atom. The predicted molar refractivity (Wildman–Crippen MR) is 101 cm³/mol. The van der Waals surface area contributed by atoms with Gasteiger partial charge in [-0.15, -0.1) is 0 Å². The van der Waals surface area contributed by atoms with Crippen molar-refractivity contribution in [2.75, 3.05) is 26.8 Å². The van der Waals surface area contributed by atoms with Crippen LogP contribution in [0, 0.1) is 5.92 Å². The van der Waals surface area contributed by atoms with Gasteiger partial charge in [0, 0.05) is 32.7 Å². The number of nitrogens with zero attached hydrogens (tertiary/aromatic N) is 1. The molecule has 1 aromatic rings. The van der Waals surface area contributed by atoms with Crippen molar-refractivity contribution < 1.29 is 24.2 Å². The highest BCUT2D eigenvalue weighted by molar-refractivity contribution is 5.89. The maximum Gasteiger partial charge on any atom is 0.335 e. The third-order valence-electron chi connectivity index (χ3n) is 5.03. The van der Waals surface area contributed by atoms with Crippen LogP contribution in [0.25, 0.3) is 0 Å². The monoisotopic (exact) mass is 376 g/mol. The minimum atomic E-state index is -0.989. The summed E-state index contributed by atoms with van der Waals surface area (Å²) in [5, 5.41) is 12.1. The molecule has 1 saturated heterocycles. The lowest BCUT2D eigenvalue weighted by Gasteiger charge is -2.37. The summed E-state index contributed by atoms with van der Waals surface area (Å²) in [6.07, 6.45) is 2.13. The number of nitrogens with one attached hydrogen (secondary N) is 1. The van der Waals surface area contributed by atoms with E-state index in [1.54, 1.807) is 36.3 Å². The number of aromatic carboxylic acids is 1. The number of amides is 2. The molecule has 0 saturated carbocycles. The van der Waals surface area contributed by atoms with Crippen molar-refractivity contribution in [2.45, 2.75) is 38.6 Å². The number of rotatable bonds is 8. The average Bonchev–Trinajstić information content (AvgIpc) is 2.66. The highest BCUT2D eigenvalue weighted by Gasteiger charge is 2.32. The number of carboxylic acid groups (broad SMARTS) is 1. The highest BCUT2D eigenvalue weighted by Crippen LogP contribution is 2.23. The van der Waals surface area contributed by atoms with Crippen LogP contribution in [0.2, 0.25) is 0 Å². The van der Waals surface area contributed by atoms with Crippen molar-refractivity contribution in [2.24, 2.45) is 5.92 Å². The number of hydrogen-bond acceptors (Lipinski definition) is 4. The zero-order valence-electron chi connectivity index (χ0n) is 15.9. The number of ether oxygens (including phenoxy) is 1. The first-order valence-corrected chi connectivity index (χ1v) is 9.31. The van der Waals surface area contributed by atoms with Crippen LogP contribution in [-0.4, -0.2) is 60.6 Å². The summed E-state index contributed by atoms with van der Waals surface area (Å²) in [5.41, 5.74) is 0.879. The van der Waals surface area contributed by atoms with Crippen LogP contribution >= 0.6 is 0 Å². The van der Waals surface area contributed by atoms with Gasteiger partial charge in [-0.2, -0.15) is 0 Å². The molecule has 0 spiro atoms. The minimum absolute atomic E-state index is 0.0444. The van der Waals surface area contributed by atoms with Crippen molar-refractivity contribution in [3.8, 4) is 0 Å². The van der Waals surface area contributed by atoms with E-state index >= 15 is 0 Å². The maximum atomic E-state index is 12.7. The molecule has 1 aliphatic rings. The Balaban J connectivity index is 1.94. The molecule has 0 bridgehead atoms. The molecule has 148 valence electrons. The minimum Gasteiger partial charge on any atom is -0.478 e. The van der Waals surface area contributed by atoms with Gasteiger partial charge in [0.15, 0.2) is 0 Å². The number of carbonyl (C=O) groups is 3. The summed E-state index contributed by atoms with van der Waals surface area (Å²) >= 11 is 0. The molecular weight excluding hydrogens is 348 g/mol. The van der Waals surface area contributed by atoms with Crippen molar-refractivity contribution in [1.29, 1.82) is 0 Å².